The molecule has 1 aliphatic heterocycles. The second-order valence-corrected chi connectivity index (χ2v) is 8.06. The number of para-hydroxylation sites is 1. The number of amides is 1. The van der Waals surface area contributed by atoms with E-state index in [0.29, 0.717) is 12.3 Å². The Morgan fingerprint density at radius 1 is 1.00 bits per heavy atom. The lowest BCUT2D eigenvalue weighted by Crippen LogP contribution is -2.45. The van der Waals surface area contributed by atoms with Gasteiger partial charge in [0.25, 0.3) is 5.91 Å². The Kier molecular flexibility index (Phi) is 5.33. The third kappa shape index (κ3) is 3.75. The van der Waals surface area contributed by atoms with Gasteiger partial charge in [0.1, 0.15) is 5.58 Å². The number of likely N-dealkylation sites (N-methyl/N-ethyl adjacent to an activating group) is 1. The van der Waals surface area contributed by atoms with E-state index in [2.05, 4.69) is 53.4 Å². The Hall–Kier alpha value is -2.79. The number of nitrogens with one attached hydrogen (secondary N) is 1. The molecular weight excluding hydrogens is 362 g/mol. The maximum Gasteiger partial charge on any atom is 0.287 e. The van der Waals surface area contributed by atoms with Crippen molar-refractivity contribution in [3.63, 3.8) is 0 Å². The summed E-state index contributed by atoms with van der Waals surface area (Å²) in [5.74, 6) is 0.250. The predicted octanol–water partition coefficient (Wildman–Crippen LogP) is 4.04. The molecule has 0 atom stereocenters. The average molecular weight is 392 g/mol. The van der Waals surface area contributed by atoms with Gasteiger partial charge in [-0.3, -0.25) is 4.79 Å². The molecule has 1 amide bonds. The molecule has 29 heavy (non-hydrogen) atoms. The van der Waals surface area contributed by atoms with E-state index in [0.717, 1.165) is 59.4 Å². The maximum absolute atomic E-state index is 12.9. The first kappa shape index (κ1) is 19.5. The third-order valence-electron chi connectivity index (χ3n) is 5.96. The zero-order valence-electron chi connectivity index (χ0n) is 17.7. The summed E-state index contributed by atoms with van der Waals surface area (Å²) in [6, 6.07) is 12.4. The van der Waals surface area contributed by atoms with Crippen LogP contribution in [0.5, 0.6) is 0 Å². The number of carbonyl (C=O) groups excluding carboxylic acids is 1. The van der Waals surface area contributed by atoms with Gasteiger partial charge in [0.05, 0.1) is 0 Å². The molecule has 0 radical (unpaired) electrons. The fraction of sp³-hybridized carbons (Fsp3) is 0.375. The summed E-state index contributed by atoms with van der Waals surface area (Å²) in [7, 11) is 2.16. The molecular formula is C24H29N3O2. The van der Waals surface area contributed by atoms with E-state index < -0.39 is 0 Å². The highest BCUT2D eigenvalue weighted by molar-refractivity contribution is 6.00. The topological polar surface area (TPSA) is 48.7 Å². The van der Waals surface area contributed by atoms with Crippen molar-refractivity contribution in [2.24, 2.45) is 0 Å². The van der Waals surface area contributed by atoms with Crippen LogP contribution in [0.3, 0.4) is 0 Å². The van der Waals surface area contributed by atoms with Crippen molar-refractivity contribution in [3.05, 3.63) is 64.4 Å². The van der Waals surface area contributed by atoms with Crippen molar-refractivity contribution in [3.8, 4) is 0 Å². The molecule has 0 spiro atoms. The summed E-state index contributed by atoms with van der Waals surface area (Å²) in [6.07, 6.45) is 0. The molecule has 0 bridgehead atoms. The van der Waals surface area contributed by atoms with Gasteiger partial charge in [0.2, 0.25) is 0 Å². The number of furan rings is 1. The van der Waals surface area contributed by atoms with E-state index in [1.54, 1.807) is 0 Å². The van der Waals surface area contributed by atoms with E-state index in [4.69, 9.17) is 4.42 Å². The first-order chi connectivity index (χ1) is 14.0. The van der Waals surface area contributed by atoms with Crippen LogP contribution in [0.1, 0.15) is 32.8 Å². The van der Waals surface area contributed by atoms with Crippen molar-refractivity contribution in [2.45, 2.75) is 27.3 Å². The minimum Gasteiger partial charge on any atom is -0.450 e. The van der Waals surface area contributed by atoms with Gasteiger partial charge >= 0.3 is 0 Å². The Morgan fingerprint density at radius 2 is 1.69 bits per heavy atom. The minimum atomic E-state index is -0.161. The van der Waals surface area contributed by atoms with Crippen LogP contribution in [0.4, 0.5) is 5.69 Å². The van der Waals surface area contributed by atoms with E-state index in [-0.39, 0.29) is 5.91 Å². The number of aryl methyl sites for hydroxylation is 3. The Labute approximate surface area is 172 Å². The molecule has 1 saturated heterocycles. The molecule has 152 valence electrons. The quantitative estimate of drug-likeness (QED) is 0.729. The van der Waals surface area contributed by atoms with Crippen molar-refractivity contribution in [2.75, 3.05) is 38.1 Å². The van der Waals surface area contributed by atoms with Crippen LogP contribution < -0.4 is 10.2 Å². The van der Waals surface area contributed by atoms with E-state index in [1.807, 2.05) is 26.0 Å². The van der Waals surface area contributed by atoms with Crippen LogP contribution in [0.2, 0.25) is 0 Å². The Balaban J connectivity index is 1.54. The lowest BCUT2D eigenvalue weighted by Gasteiger charge is -2.35. The van der Waals surface area contributed by atoms with Crippen LogP contribution in [0, 0.1) is 20.8 Å². The second kappa shape index (κ2) is 7.91. The number of hydrogen-bond acceptors (Lipinski definition) is 4. The largest absolute Gasteiger partial charge is 0.450 e. The summed E-state index contributed by atoms with van der Waals surface area (Å²) in [4.78, 5) is 17.7. The fourth-order valence-electron chi connectivity index (χ4n) is 4.16. The molecule has 5 heteroatoms. The summed E-state index contributed by atoms with van der Waals surface area (Å²) in [5, 5.41) is 4.12. The second-order valence-electron chi connectivity index (χ2n) is 8.06. The molecule has 0 aliphatic carbocycles. The SMILES string of the molecule is Cc1ccc(C)c2c(C)c(C(=O)NCc3ccccc3N3CCN(C)CC3)oc12. The third-order valence-corrected chi connectivity index (χ3v) is 5.96. The maximum atomic E-state index is 12.9. The van der Waals surface area contributed by atoms with Gasteiger partial charge in [-0.25, -0.2) is 0 Å². The molecule has 4 rings (SSSR count). The Bertz CT molecular complexity index is 1050. The summed E-state index contributed by atoms with van der Waals surface area (Å²) in [5.41, 5.74) is 6.23. The van der Waals surface area contributed by atoms with E-state index in [1.165, 1.54) is 5.69 Å². The Morgan fingerprint density at radius 3 is 2.41 bits per heavy atom. The van der Waals surface area contributed by atoms with Crippen LogP contribution in [0.25, 0.3) is 11.0 Å². The highest BCUT2D eigenvalue weighted by Crippen LogP contribution is 2.30. The van der Waals surface area contributed by atoms with Gasteiger partial charge in [-0.1, -0.05) is 30.3 Å². The number of nitrogens with zero attached hydrogens (tertiary/aromatic N) is 2. The molecule has 0 saturated carbocycles. The summed E-state index contributed by atoms with van der Waals surface area (Å²) in [6.45, 7) is 10.6. The predicted molar refractivity (Wildman–Crippen MR) is 118 cm³/mol. The van der Waals surface area contributed by atoms with Crippen molar-refractivity contribution >= 4 is 22.6 Å². The van der Waals surface area contributed by atoms with Gasteiger partial charge in [-0.05, 0) is 50.6 Å². The number of rotatable bonds is 4. The van der Waals surface area contributed by atoms with Crippen molar-refractivity contribution in [1.82, 2.24) is 10.2 Å². The number of hydrogen-bond donors (Lipinski definition) is 1. The molecule has 1 aromatic heterocycles. The number of fused-ring (bicyclic) bond motifs is 1. The molecule has 0 unspecified atom stereocenters. The van der Waals surface area contributed by atoms with E-state index >= 15 is 0 Å². The number of benzene rings is 2. The summed E-state index contributed by atoms with van der Waals surface area (Å²) < 4.78 is 5.99. The van der Waals surface area contributed by atoms with Gasteiger partial charge in [0.15, 0.2) is 5.76 Å². The fourth-order valence-corrected chi connectivity index (χ4v) is 4.16. The van der Waals surface area contributed by atoms with Gasteiger partial charge in [-0.2, -0.15) is 0 Å². The molecule has 2 aromatic carbocycles. The van der Waals surface area contributed by atoms with Crippen LogP contribution in [-0.4, -0.2) is 44.0 Å². The van der Waals surface area contributed by atoms with Gasteiger partial charge in [-0.15, -0.1) is 0 Å². The molecule has 3 aromatic rings. The molecule has 1 fully saturated rings. The van der Waals surface area contributed by atoms with E-state index in [9.17, 15) is 4.79 Å². The average Bonchev–Trinajstić information content (AvgIpc) is 3.08. The zero-order chi connectivity index (χ0) is 20.5. The summed E-state index contributed by atoms with van der Waals surface area (Å²) >= 11 is 0. The molecule has 5 nitrogen and oxygen atoms in total. The first-order valence-electron chi connectivity index (χ1n) is 10.2. The standard InChI is InChI=1S/C24H29N3O2/c1-16-9-10-17(2)22-21(16)18(3)23(29-22)24(28)25-15-19-7-5-6-8-20(19)27-13-11-26(4)12-14-27/h5-10H,11-15H2,1-4H3,(H,25,28). The minimum absolute atomic E-state index is 0.161. The number of anilines is 1. The first-order valence-corrected chi connectivity index (χ1v) is 10.2. The lowest BCUT2D eigenvalue weighted by atomic mass is 10.0. The highest BCUT2D eigenvalue weighted by Gasteiger charge is 2.21. The van der Waals surface area contributed by atoms with Crippen LogP contribution in [-0.2, 0) is 6.54 Å². The smallest absolute Gasteiger partial charge is 0.287 e. The van der Waals surface area contributed by atoms with Crippen LogP contribution >= 0.6 is 0 Å². The lowest BCUT2D eigenvalue weighted by molar-refractivity contribution is 0.0924. The number of carbonyl (C=O) groups is 1. The number of piperazine rings is 1. The molecule has 2 heterocycles. The monoisotopic (exact) mass is 391 g/mol. The highest BCUT2D eigenvalue weighted by atomic mass is 16.3. The normalized spacial score (nSPS) is 15.1. The van der Waals surface area contributed by atoms with Crippen LogP contribution in [0.15, 0.2) is 40.8 Å². The van der Waals surface area contributed by atoms with Crippen molar-refractivity contribution in [1.29, 1.82) is 0 Å². The van der Waals surface area contributed by atoms with Gasteiger partial charge in [0, 0.05) is 49.4 Å². The molecule has 1 aliphatic rings. The molecule has 1 N–H and O–H groups in total. The van der Waals surface area contributed by atoms with Gasteiger partial charge < -0.3 is 19.5 Å². The zero-order valence-corrected chi connectivity index (χ0v) is 17.7. The van der Waals surface area contributed by atoms with Crippen molar-refractivity contribution < 1.29 is 9.21 Å².